The first-order valence-electron chi connectivity index (χ1n) is 6.27. The maximum Gasteiger partial charge on any atom is 0.256 e. The van der Waals surface area contributed by atoms with Gasteiger partial charge in [0.1, 0.15) is 0 Å². The summed E-state index contributed by atoms with van der Waals surface area (Å²) in [5.74, 6) is 0.00796. The van der Waals surface area contributed by atoms with Crippen molar-refractivity contribution in [2.45, 2.75) is 25.4 Å². The summed E-state index contributed by atoms with van der Waals surface area (Å²) in [7, 11) is 0. The number of carbonyl (C=O) groups is 1. The minimum Gasteiger partial charge on any atom is -0.397 e. The molecule has 4 nitrogen and oxygen atoms in total. The Bertz CT molecular complexity index is 578. The van der Waals surface area contributed by atoms with Gasteiger partial charge in [0, 0.05) is 18.8 Å². The number of nitrogens with two attached hydrogens (primary N) is 1. The third-order valence-electron chi connectivity index (χ3n) is 3.26. The van der Waals surface area contributed by atoms with Crippen LogP contribution in [0.15, 0.2) is 35.3 Å². The Kier molecular flexibility index (Phi) is 3.21. The Hall–Kier alpha value is -1.88. The van der Waals surface area contributed by atoms with E-state index in [9.17, 15) is 4.79 Å². The van der Waals surface area contributed by atoms with Gasteiger partial charge in [-0.1, -0.05) is 0 Å². The highest BCUT2D eigenvalue weighted by atomic mass is 32.1. The van der Waals surface area contributed by atoms with Gasteiger partial charge < -0.3 is 10.6 Å². The highest BCUT2D eigenvalue weighted by molar-refractivity contribution is 7.07. The topological polar surface area (TPSA) is 59.2 Å². The van der Waals surface area contributed by atoms with E-state index < -0.39 is 0 Å². The van der Waals surface area contributed by atoms with Crippen molar-refractivity contribution in [2.24, 2.45) is 0 Å². The zero-order chi connectivity index (χ0) is 13.2. The molecule has 0 unspecified atom stereocenters. The number of thiophene rings is 1. The lowest BCUT2D eigenvalue weighted by molar-refractivity contribution is 0.0731. The van der Waals surface area contributed by atoms with Gasteiger partial charge in [-0.25, -0.2) is 0 Å². The van der Waals surface area contributed by atoms with Crippen molar-refractivity contribution in [1.82, 2.24) is 9.88 Å². The molecule has 1 saturated carbocycles. The zero-order valence-electron chi connectivity index (χ0n) is 10.5. The molecule has 0 saturated heterocycles. The molecule has 0 bridgehead atoms. The number of hydrogen-bond donors (Lipinski definition) is 1. The van der Waals surface area contributed by atoms with E-state index in [1.807, 2.05) is 10.3 Å². The minimum absolute atomic E-state index is 0.00796. The second-order valence-corrected chi connectivity index (χ2v) is 5.54. The lowest BCUT2D eigenvalue weighted by atomic mass is 10.2. The molecule has 0 aliphatic heterocycles. The molecular formula is C14H15N3OS. The number of carbonyl (C=O) groups excluding carboxylic acids is 1. The van der Waals surface area contributed by atoms with Crippen LogP contribution in [0.3, 0.4) is 0 Å². The van der Waals surface area contributed by atoms with E-state index in [0.717, 1.165) is 12.8 Å². The number of aromatic nitrogens is 1. The molecule has 0 aromatic carbocycles. The van der Waals surface area contributed by atoms with Crippen LogP contribution in [0.25, 0.3) is 0 Å². The first-order valence-corrected chi connectivity index (χ1v) is 7.21. The smallest absolute Gasteiger partial charge is 0.256 e. The first kappa shape index (κ1) is 12.2. The fourth-order valence-corrected chi connectivity index (χ4v) is 2.75. The quantitative estimate of drug-likeness (QED) is 0.931. The number of amides is 1. The average molecular weight is 273 g/mol. The van der Waals surface area contributed by atoms with Crippen LogP contribution < -0.4 is 5.73 Å². The lowest BCUT2D eigenvalue weighted by Gasteiger charge is -2.22. The van der Waals surface area contributed by atoms with Crippen molar-refractivity contribution in [3.63, 3.8) is 0 Å². The molecule has 1 fully saturated rings. The summed E-state index contributed by atoms with van der Waals surface area (Å²) in [6, 6.07) is 4.11. The molecule has 98 valence electrons. The van der Waals surface area contributed by atoms with Gasteiger partial charge in [-0.2, -0.15) is 11.3 Å². The number of hydrogen-bond acceptors (Lipinski definition) is 4. The standard InChI is InChI=1S/C14H15N3OS/c15-13-7-16-5-3-12(13)14(18)17(11-1-2-11)8-10-4-6-19-9-10/h3-7,9,11H,1-2,8,15H2. The molecule has 1 aliphatic rings. The van der Waals surface area contributed by atoms with Crippen molar-refractivity contribution in [2.75, 3.05) is 5.73 Å². The molecule has 0 radical (unpaired) electrons. The zero-order valence-corrected chi connectivity index (χ0v) is 11.3. The largest absolute Gasteiger partial charge is 0.397 e. The fourth-order valence-electron chi connectivity index (χ4n) is 2.09. The van der Waals surface area contributed by atoms with Gasteiger partial charge in [0.2, 0.25) is 0 Å². The van der Waals surface area contributed by atoms with Crippen LogP contribution >= 0.6 is 11.3 Å². The molecule has 2 N–H and O–H groups in total. The molecule has 0 spiro atoms. The van der Waals surface area contributed by atoms with Crippen LogP contribution in [-0.4, -0.2) is 21.8 Å². The fraction of sp³-hybridized carbons (Fsp3) is 0.286. The monoisotopic (exact) mass is 273 g/mol. The molecule has 1 amide bonds. The average Bonchev–Trinajstić information content (AvgIpc) is 3.13. The Morgan fingerprint density at radius 3 is 2.95 bits per heavy atom. The molecule has 2 heterocycles. The van der Waals surface area contributed by atoms with Crippen LogP contribution in [0.1, 0.15) is 28.8 Å². The van der Waals surface area contributed by atoms with Crippen LogP contribution in [0.2, 0.25) is 0 Å². The number of pyridine rings is 1. The maximum absolute atomic E-state index is 12.6. The van der Waals surface area contributed by atoms with E-state index in [2.05, 4.69) is 16.4 Å². The van der Waals surface area contributed by atoms with E-state index in [4.69, 9.17) is 5.73 Å². The minimum atomic E-state index is 0.00796. The second-order valence-electron chi connectivity index (χ2n) is 4.76. The van der Waals surface area contributed by atoms with Gasteiger partial charge in [-0.15, -0.1) is 0 Å². The highest BCUT2D eigenvalue weighted by Crippen LogP contribution is 2.30. The summed E-state index contributed by atoms with van der Waals surface area (Å²) in [6.07, 6.45) is 5.31. The summed E-state index contributed by atoms with van der Waals surface area (Å²) in [6.45, 7) is 0.661. The van der Waals surface area contributed by atoms with Crippen molar-refractivity contribution in [1.29, 1.82) is 0 Å². The normalized spacial score (nSPS) is 14.3. The Labute approximate surface area is 115 Å². The molecule has 19 heavy (non-hydrogen) atoms. The van der Waals surface area contributed by atoms with Gasteiger partial charge in [0.25, 0.3) is 5.91 Å². The first-order chi connectivity index (χ1) is 9.25. The molecule has 0 atom stereocenters. The van der Waals surface area contributed by atoms with Crippen molar-refractivity contribution in [3.05, 3.63) is 46.4 Å². The van der Waals surface area contributed by atoms with E-state index in [-0.39, 0.29) is 5.91 Å². The van der Waals surface area contributed by atoms with E-state index in [1.165, 1.54) is 11.8 Å². The Morgan fingerprint density at radius 1 is 1.47 bits per heavy atom. The van der Waals surface area contributed by atoms with E-state index >= 15 is 0 Å². The van der Waals surface area contributed by atoms with E-state index in [0.29, 0.717) is 23.8 Å². The lowest BCUT2D eigenvalue weighted by Crippen LogP contribution is -2.33. The second kappa shape index (κ2) is 5.01. The summed E-state index contributed by atoms with van der Waals surface area (Å²) >= 11 is 1.65. The number of rotatable bonds is 4. The third-order valence-corrected chi connectivity index (χ3v) is 4.00. The Morgan fingerprint density at radius 2 is 2.32 bits per heavy atom. The van der Waals surface area contributed by atoms with Gasteiger partial charge in [-0.05, 0) is 41.3 Å². The SMILES string of the molecule is Nc1cnccc1C(=O)N(Cc1ccsc1)C1CC1. The summed E-state index contributed by atoms with van der Waals surface area (Å²) in [5, 5.41) is 4.12. The van der Waals surface area contributed by atoms with Gasteiger partial charge in [-0.3, -0.25) is 9.78 Å². The number of nitrogens with zero attached hydrogens (tertiary/aromatic N) is 2. The van der Waals surface area contributed by atoms with Crippen LogP contribution in [0, 0.1) is 0 Å². The van der Waals surface area contributed by atoms with Gasteiger partial charge >= 0.3 is 0 Å². The van der Waals surface area contributed by atoms with Gasteiger partial charge in [0.05, 0.1) is 17.4 Å². The number of anilines is 1. The van der Waals surface area contributed by atoms with Crippen LogP contribution in [0.5, 0.6) is 0 Å². The van der Waals surface area contributed by atoms with Crippen LogP contribution in [-0.2, 0) is 6.54 Å². The number of nitrogen functional groups attached to an aromatic ring is 1. The van der Waals surface area contributed by atoms with Crippen molar-refractivity contribution in [3.8, 4) is 0 Å². The van der Waals surface area contributed by atoms with Crippen LogP contribution in [0.4, 0.5) is 5.69 Å². The summed E-state index contributed by atoms with van der Waals surface area (Å²) < 4.78 is 0. The Balaban J connectivity index is 1.84. The summed E-state index contributed by atoms with van der Waals surface area (Å²) in [5.41, 5.74) is 8.02. The highest BCUT2D eigenvalue weighted by Gasteiger charge is 2.33. The molecule has 2 aromatic rings. The predicted molar refractivity (Wildman–Crippen MR) is 75.9 cm³/mol. The molecule has 5 heteroatoms. The van der Waals surface area contributed by atoms with Gasteiger partial charge in [0.15, 0.2) is 0 Å². The molecular weight excluding hydrogens is 258 g/mol. The van der Waals surface area contributed by atoms with Crippen molar-refractivity contribution >= 4 is 22.9 Å². The maximum atomic E-state index is 12.6. The van der Waals surface area contributed by atoms with E-state index in [1.54, 1.807) is 23.6 Å². The summed E-state index contributed by atoms with van der Waals surface area (Å²) in [4.78, 5) is 18.4. The molecule has 2 aromatic heterocycles. The molecule has 1 aliphatic carbocycles. The third kappa shape index (κ3) is 2.61. The molecule has 3 rings (SSSR count). The van der Waals surface area contributed by atoms with Crippen molar-refractivity contribution < 1.29 is 4.79 Å². The predicted octanol–water partition coefficient (Wildman–Crippen LogP) is 2.53.